The van der Waals surface area contributed by atoms with Crippen LogP contribution >= 0.6 is 8.20 Å². The van der Waals surface area contributed by atoms with Crippen molar-refractivity contribution in [3.8, 4) is 0 Å². The van der Waals surface area contributed by atoms with Gasteiger partial charge >= 0.3 is 0 Å². The second-order valence-corrected chi connectivity index (χ2v) is 5.81. The quantitative estimate of drug-likeness (QED) is 0.633. The van der Waals surface area contributed by atoms with Crippen LogP contribution in [0.1, 0.15) is 18.1 Å². The van der Waals surface area contributed by atoms with E-state index in [0.717, 1.165) is 30.2 Å². The Morgan fingerprint density at radius 3 is 2.14 bits per heavy atom. The number of rotatable bonds is 4. The molecule has 2 aromatic carbocycles. The summed E-state index contributed by atoms with van der Waals surface area (Å²) in [6.45, 7) is 2.21. The molecule has 3 rings (SSSR count). The summed E-state index contributed by atoms with van der Waals surface area (Å²) >= 11 is 0. The zero-order valence-electron chi connectivity index (χ0n) is 12.3. The predicted octanol–water partition coefficient (Wildman–Crippen LogP) is 3.93. The molecule has 2 nitrogen and oxygen atoms in total. The van der Waals surface area contributed by atoms with Crippen molar-refractivity contribution in [2.24, 2.45) is 0 Å². The Morgan fingerprint density at radius 2 is 1.55 bits per heavy atom. The Kier molecular flexibility index (Phi) is 4.41. The molecule has 0 unspecified atom stereocenters. The molecule has 0 fully saturated rings. The van der Waals surface area contributed by atoms with E-state index in [2.05, 4.69) is 12.1 Å². The van der Waals surface area contributed by atoms with Gasteiger partial charge in [0.05, 0.1) is 5.95 Å². The molecular weight excluding hydrogens is 291 g/mol. The molecule has 1 aliphatic heterocycles. The molecule has 22 heavy (non-hydrogen) atoms. The van der Waals surface area contributed by atoms with Crippen molar-refractivity contribution >= 4 is 24.9 Å². The van der Waals surface area contributed by atoms with E-state index < -0.39 is 0 Å². The van der Waals surface area contributed by atoms with Crippen LogP contribution in [0.3, 0.4) is 0 Å². The highest BCUT2D eigenvalue weighted by molar-refractivity contribution is 7.52. The Morgan fingerprint density at radius 1 is 0.955 bits per heavy atom. The minimum atomic E-state index is -0.250. The van der Waals surface area contributed by atoms with Crippen molar-refractivity contribution in [1.82, 2.24) is 0 Å². The van der Waals surface area contributed by atoms with Gasteiger partial charge in [0.1, 0.15) is 0 Å². The predicted molar refractivity (Wildman–Crippen MR) is 91.3 cm³/mol. The molecule has 0 saturated carbocycles. The molecule has 0 aromatic heterocycles. The number of hydrogen-bond donors (Lipinski definition) is 0. The third-order valence-corrected chi connectivity index (χ3v) is 4.56. The van der Waals surface area contributed by atoms with Gasteiger partial charge in [-0.25, -0.2) is 0 Å². The van der Waals surface area contributed by atoms with Crippen LogP contribution < -0.4 is 5.11 Å². The fourth-order valence-corrected chi connectivity index (χ4v) is 3.63. The first-order chi connectivity index (χ1) is 10.8. The van der Waals surface area contributed by atoms with E-state index in [-0.39, 0.29) is 5.95 Å². The van der Waals surface area contributed by atoms with E-state index in [4.69, 9.17) is 4.74 Å². The minimum Gasteiger partial charge on any atom is -0.613 e. The van der Waals surface area contributed by atoms with Gasteiger partial charge in [0, 0.05) is 16.5 Å². The van der Waals surface area contributed by atoms with Crippen molar-refractivity contribution in [2.75, 3.05) is 6.61 Å². The lowest BCUT2D eigenvalue weighted by Gasteiger charge is -2.18. The summed E-state index contributed by atoms with van der Waals surface area (Å²) < 4.78 is 5.22. The van der Waals surface area contributed by atoms with Gasteiger partial charge in [-0.05, 0) is 23.5 Å². The summed E-state index contributed by atoms with van der Waals surface area (Å²) in [5, 5.41) is 13.4. The maximum absolute atomic E-state index is 12.3. The summed E-state index contributed by atoms with van der Waals surface area (Å²) in [5.41, 5.74) is 3.82. The van der Waals surface area contributed by atoms with Crippen molar-refractivity contribution in [3.63, 3.8) is 0 Å². The van der Waals surface area contributed by atoms with Gasteiger partial charge in [-0.1, -0.05) is 75.8 Å². The molecule has 1 aliphatic rings. The first-order valence-electron chi connectivity index (χ1n) is 7.25. The lowest BCUT2D eigenvalue weighted by atomic mass is 9.97. The average molecular weight is 307 g/mol. The zero-order valence-corrected chi connectivity index (χ0v) is 13.2. The van der Waals surface area contributed by atoms with Gasteiger partial charge in [-0.3, -0.25) is 0 Å². The Balaban J connectivity index is 2.19. The highest BCUT2D eigenvalue weighted by atomic mass is 31.1. The standard InChI is InChI=1S/C19H17O2P/c1-2-21-19(20)16-13-22-18(15-11-7-4-8-12-15)17(16)14-9-5-3-6-10-14/h3-13,20H,2H2,1H3/p-1/b19-16+. The lowest BCUT2D eigenvalue weighted by Crippen LogP contribution is -2.12. The van der Waals surface area contributed by atoms with Crippen molar-refractivity contribution in [1.29, 1.82) is 0 Å². The van der Waals surface area contributed by atoms with Crippen LogP contribution in [-0.2, 0) is 4.74 Å². The van der Waals surface area contributed by atoms with Crippen molar-refractivity contribution < 1.29 is 9.84 Å². The van der Waals surface area contributed by atoms with Crippen molar-refractivity contribution in [2.45, 2.75) is 6.92 Å². The maximum atomic E-state index is 12.3. The van der Waals surface area contributed by atoms with Gasteiger partial charge in [-0.15, -0.1) is 0 Å². The minimum absolute atomic E-state index is 0.250. The summed E-state index contributed by atoms with van der Waals surface area (Å²) in [6, 6.07) is 20.2. The second-order valence-electron chi connectivity index (χ2n) is 4.85. The fraction of sp³-hybridized carbons (Fsp3) is 0.105. The molecule has 0 amide bonds. The lowest BCUT2D eigenvalue weighted by molar-refractivity contribution is -0.357. The first-order valence-corrected chi connectivity index (χ1v) is 8.21. The van der Waals surface area contributed by atoms with Gasteiger partial charge in [0.25, 0.3) is 0 Å². The van der Waals surface area contributed by atoms with E-state index in [1.54, 1.807) is 0 Å². The smallest absolute Gasteiger partial charge is 0.0597 e. The molecule has 110 valence electrons. The number of benzene rings is 2. The normalized spacial score (nSPS) is 16.8. The monoisotopic (exact) mass is 307 g/mol. The second kappa shape index (κ2) is 6.64. The van der Waals surface area contributed by atoms with Gasteiger partial charge in [0.2, 0.25) is 0 Å². The van der Waals surface area contributed by atoms with Gasteiger partial charge in [-0.2, -0.15) is 0 Å². The summed E-state index contributed by atoms with van der Waals surface area (Å²) in [7, 11) is 1.03. The molecule has 0 N–H and O–H groups in total. The highest BCUT2D eigenvalue weighted by Gasteiger charge is 2.19. The van der Waals surface area contributed by atoms with E-state index >= 15 is 0 Å². The molecule has 0 bridgehead atoms. The van der Waals surface area contributed by atoms with E-state index in [0.29, 0.717) is 12.2 Å². The topological polar surface area (TPSA) is 32.3 Å². The summed E-state index contributed by atoms with van der Waals surface area (Å²) in [4.78, 5) is 0. The van der Waals surface area contributed by atoms with Crippen LogP contribution in [0.15, 0.2) is 72.2 Å². The molecule has 0 radical (unpaired) electrons. The Labute approximate surface area is 132 Å². The summed E-state index contributed by atoms with van der Waals surface area (Å²) in [5.74, 6) is 1.70. The molecule has 3 heteroatoms. The summed E-state index contributed by atoms with van der Waals surface area (Å²) in [6.07, 6.45) is 0. The first kappa shape index (κ1) is 14.6. The van der Waals surface area contributed by atoms with E-state index in [1.807, 2.05) is 61.3 Å². The van der Waals surface area contributed by atoms with Crippen LogP contribution in [0, 0.1) is 0 Å². The highest BCUT2D eigenvalue weighted by Crippen LogP contribution is 2.44. The van der Waals surface area contributed by atoms with Crippen LogP contribution in [0.4, 0.5) is 0 Å². The van der Waals surface area contributed by atoms with E-state index in [9.17, 15) is 5.11 Å². The third-order valence-electron chi connectivity index (χ3n) is 3.43. The third kappa shape index (κ3) is 2.84. The van der Waals surface area contributed by atoms with Crippen LogP contribution in [0.2, 0.25) is 0 Å². The molecule has 2 aromatic rings. The molecular formula is C19H16O2P-. The van der Waals surface area contributed by atoms with Crippen molar-refractivity contribution in [3.05, 3.63) is 83.3 Å². The van der Waals surface area contributed by atoms with E-state index in [1.165, 1.54) is 0 Å². The largest absolute Gasteiger partial charge is 0.613 e. The Bertz CT molecular complexity index is 744. The SMILES string of the molecule is CCO/C([O-])=C1\C=PC(c2ccccc2)=C1c1ccccc1. The fourth-order valence-electron chi connectivity index (χ4n) is 2.46. The molecule has 1 heterocycles. The number of allylic oxidation sites excluding steroid dienone is 2. The number of ether oxygens (including phenoxy) is 1. The molecule has 0 aliphatic carbocycles. The maximum Gasteiger partial charge on any atom is 0.0597 e. The van der Waals surface area contributed by atoms with Crippen LogP contribution in [0.5, 0.6) is 0 Å². The molecule has 0 atom stereocenters. The van der Waals surface area contributed by atoms with Gasteiger partial charge in [0.15, 0.2) is 0 Å². The number of hydrogen-bond acceptors (Lipinski definition) is 2. The zero-order chi connectivity index (χ0) is 15.4. The van der Waals surface area contributed by atoms with Gasteiger partial charge < -0.3 is 9.84 Å². The average Bonchev–Trinajstić information content (AvgIpc) is 3.02. The van der Waals surface area contributed by atoms with Crippen LogP contribution in [-0.4, -0.2) is 12.4 Å². The van der Waals surface area contributed by atoms with Crippen LogP contribution in [0.25, 0.3) is 10.9 Å². The Hall–Kier alpha value is -2.31. The molecule has 0 spiro atoms. The molecule has 0 saturated heterocycles.